The molecule has 0 rings (SSSR count). The number of carbonyl (C=O) groups is 2. The number of hydrogen-bond donors (Lipinski definition) is 3. The molecule has 6 nitrogen and oxygen atoms in total. The zero-order chi connectivity index (χ0) is 52.2. The Labute approximate surface area is 449 Å². The van der Waals surface area contributed by atoms with Crippen molar-refractivity contribution in [2.24, 2.45) is 0 Å². The quantitative estimate of drug-likeness (QED) is 0.0320. The average Bonchev–Trinajstić information content (AvgIpc) is 3.38. The van der Waals surface area contributed by atoms with Crippen molar-refractivity contribution in [3.05, 3.63) is 36.5 Å². The number of rotatable bonds is 60. The van der Waals surface area contributed by atoms with Crippen LogP contribution in [0, 0.1) is 0 Å². The van der Waals surface area contributed by atoms with Gasteiger partial charge in [0.05, 0.1) is 25.4 Å². The smallest absolute Gasteiger partial charge is 0.305 e. The van der Waals surface area contributed by atoms with Crippen LogP contribution < -0.4 is 5.32 Å². The van der Waals surface area contributed by atoms with E-state index in [0.717, 1.165) is 51.4 Å². The van der Waals surface area contributed by atoms with Gasteiger partial charge >= 0.3 is 5.97 Å². The summed E-state index contributed by atoms with van der Waals surface area (Å²) in [4.78, 5) is 24.6. The van der Waals surface area contributed by atoms with Crippen LogP contribution >= 0.6 is 0 Å². The number of ether oxygens (including phenoxy) is 1. The molecule has 0 fully saturated rings. The molecule has 0 aromatic heterocycles. The summed E-state index contributed by atoms with van der Waals surface area (Å²) in [6.07, 6.45) is 77.6. The highest BCUT2D eigenvalue weighted by molar-refractivity contribution is 5.76. The Hall–Kier alpha value is -1.92. The third-order valence-corrected chi connectivity index (χ3v) is 14.9. The minimum atomic E-state index is -0.849. The van der Waals surface area contributed by atoms with Crippen LogP contribution in [0.5, 0.6) is 0 Å². The molecule has 424 valence electrons. The Kier molecular flexibility index (Phi) is 60.0. The third kappa shape index (κ3) is 57.4. The van der Waals surface area contributed by atoms with E-state index in [1.54, 1.807) is 6.08 Å². The number of allylic oxidation sites excluding steroid dienone is 5. The van der Waals surface area contributed by atoms with E-state index in [-0.39, 0.29) is 18.5 Å². The molecular weight excluding hydrogens is 887 g/mol. The zero-order valence-corrected chi connectivity index (χ0v) is 48.4. The number of hydrogen-bond acceptors (Lipinski definition) is 5. The van der Waals surface area contributed by atoms with Crippen molar-refractivity contribution >= 4 is 11.9 Å². The zero-order valence-electron chi connectivity index (χ0n) is 48.4. The fourth-order valence-electron chi connectivity index (χ4n) is 9.92. The molecule has 2 unspecified atom stereocenters. The van der Waals surface area contributed by atoms with E-state index < -0.39 is 12.1 Å². The van der Waals surface area contributed by atoms with E-state index in [1.807, 2.05) is 6.08 Å². The minimum absolute atomic E-state index is 0.00734. The first kappa shape index (κ1) is 70.1. The van der Waals surface area contributed by atoms with Crippen LogP contribution in [-0.4, -0.2) is 47.4 Å². The molecule has 72 heavy (non-hydrogen) atoms. The summed E-state index contributed by atoms with van der Waals surface area (Å²) in [6, 6.07) is -0.634. The van der Waals surface area contributed by atoms with Crippen molar-refractivity contribution in [2.75, 3.05) is 13.2 Å². The molecule has 6 heteroatoms. The second-order valence-corrected chi connectivity index (χ2v) is 22.1. The van der Waals surface area contributed by atoms with Crippen LogP contribution in [0.15, 0.2) is 36.5 Å². The van der Waals surface area contributed by atoms with Gasteiger partial charge in [0.25, 0.3) is 0 Å². The molecule has 0 aliphatic carbocycles. The second kappa shape index (κ2) is 61.6. The van der Waals surface area contributed by atoms with Crippen LogP contribution in [0.3, 0.4) is 0 Å². The van der Waals surface area contributed by atoms with Crippen LogP contribution in [0.1, 0.15) is 348 Å². The Morgan fingerprint density at radius 1 is 0.375 bits per heavy atom. The predicted octanol–water partition coefficient (Wildman–Crippen LogP) is 20.4. The van der Waals surface area contributed by atoms with Crippen molar-refractivity contribution in [1.82, 2.24) is 5.32 Å². The number of aliphatic hydroxyl groups excluding tert-OH is 2. The lowest BCUT2D eigenvalue weighted by Gasteiger charge is -2.20. The van der Waals surface area contributed by atoms with Crippen LogP contribution in [-0.2, 0) is 14.3 Å². The van der Waals surface area contributed by atoms with Gasteiger partial charge in [0.15, 0.2) is 0 Å². The number of amides is 1. The number of nitrogens with one attached hydrogen (secondary N) is 1. The van der Waals surface area contributed by atoms with E-state index >= 15 is 0 Å². The van der Waals surface area contributed by atoms with Crippen LogP contribution in [0.25, 0.3) is 0 Å². The molecule has 0 saturated heterocycles. The summed E-state index contributed by atoms with van der Waals surface area (Å²) in [5.74, 6) is -0.0672. The average molecular weight is 1010 g/mol. The Balaban J connectivity index is 3.42. The first-order chi connectivity index (χ1) is 35.5. The van der Waals surface area contributed by atoms with E-state index in [9.17, 15) is 19.8 Å². The Bertz CT molecular complexity index is 1170. The van der Waals surface area contributed by atoms with Crippen LogP contribution in [0.4, 0.5) is 0 Å². The van der Waals surface area contributed by atoms with Crippen LogP contribution in [0.2, 0.25) is 0 Å². The Morgan fingerprint density at radius 2 is 0.653 bits per heavy atom. The molecule has 0 aromatic rings. The van der Waals surface area contributed by atoms with Gasteiger partial charge in [-0.15, -0.1) is 0 Å². The fourth-order valence-corrected chi connectivity index (χ4v) is 9.92. The van der Waals surface area contributed by atoms with Crippen molar-refractivity contribution in [3.8, 4) is 0 Å². The molecular formula is C66H125NO5. The van der Waals surface area contributed by atoms with Gasteiger partial charge in [-0.3, -0.25) is 9.59 Å². The molecule has 0 radical (unpaired) electrons. The molecule has 2 atom stereocenters. The van der Waals surface area contributed by atoms with Crippen molar-refractivity contribution in [1.29, 1.82) is 0 Å². The molecule has 0 aromatic carbocycles. The van der Waals surface area contributed by atoms with Gasteiger partial charge < -0.3 is 20.3 Å². The standard InChI is InChI=1S/C66H125NO5/c1-3-5-7-9-11-13-15-17-19-20-24-28-32-36-40-44-48-52-56-60-66(71)72-61-57-53-49-45-41-37-33-29-26-23-21-22-25-27-31-35-39-43-47-51-55-59-65(70)67-63(62-68)64(69)58-54-50-46-42-38-34-30-18-16-14-12-10-8-6-4-2/h17,19,22,25,54,58,63-64,68-69H,3-16,18,20-21,23-24,26-53,55-57,59-62H2,1-2H3,(H,67,70)/b19-17-,25-22-,58-54+. The van der Waals surface area contributed by atoms with Crippen molar-refractivity contribution < 1.29 is 24.5 Å². The first-order valence-electron chi connectivity index (χ1n) is 32.3. The number of carbonyl (C=O) groups excluding carboxylic acids is 2. The minimum Gasteiger partial charge on any atom is -0.466 e. The summed E-state index contributed by atoms with van der Waals surface area (Å²) < 4.78 is 5.50. The molecule has 0 aliphatic rings. The summed E-state index contributed by atoms with van der Waals surface area (Å²) in [6.45, 7) is 4.91. The lowest BCUT2D eigenvalue weighted by molar-refractivity contribution is -0.143. The number of unbranched alkanes of at least 4 members (excludes halogenated alkanes) is 45. The van der Waals surface area contributed by atoms with E-state index in [0.29, 0.717) is 19.4 Å². The highest BCUT2D eigenvalue weighted by atomic mass is 16.5. The molecule has 0 saturated carbocycles. The molecule has 0 bridgehead atoms. The second-order valence-electron chi connectivity index (χ2n) is 22.1. The third-order valence-electron chi connectivity index (χ3n) is 14.9. The molecule has 3 N–H and O–H groups in total. The maximum absolute atomic E-state index is 12.5. The SMILES string of the molecule is CCCCCCCC/C=C\CCCCCCCCCCCC(=O)OCCCCCCCCCCCC/C=C\CCCCCCCCCC(=O)NC(CO)C(O)/C=C/CCCCCCCCCCCCCCC. The number of esters is 1. The van der Waals surface area contributed by atoms with E-state index in [1.165, 1.54) is 270 Å². The first-order valence-corrected chi connectivity index (χ1v) is 32.3. The largest absolute Gasteiger partial charge is 0.466 e. The van der Waals surface area contributed by atoms with Gasteiger partial charge in [-0.05, 0) is 83.5 Å². The topological polar surface area (TPSA) is 95.9 Å². The van der Waals surface area contributed by atoms with Crippen molar-refractivity contribution in [3.63, 3.8) is 0 Å². The summed E-state index contributed by atoms with van der Waals surface area (Å²) in [7, 11) is 0. The van der Waals surface area contributed by atoms with Gasteiger partial charge in [0.1, 0.15) is 0 Å². The Morgan fingerprint density at radius 3 is 0.986 bits per heavy atom. The lowest BCUT2D eigenvalue weighted by Crippen LogP contribution is -2.45. The lowest BCUT2D eigenvalue weighted by atomic mass is 10.0. The van der Waals surface area contributed by atoms with Gasteiger partial charge in [-0.2, -0.15) is 0 Å². The van der Waals surface area contributed by atoms with Gasteiger partial charge in [0, 0.05) is 12.8 Å². The van der Waals surface area contributed by atoms with E-state index in [2.05, 4.69) is 43.5 Å². The maximum atomic E-state index is 12.5. The van der Waals surface area contributed by atoms with Crippen molar-refractivity contribution in [2.45, 2.75) is 360 Å². The monoisotopic (exact) mass is 1010 g/mol. The summed E-state index contributed by atoms with van der Waals surface area (Å²) in [5.41, 5.74) is 0. The molecule has 0 spiro atoms. The van der Waals surface area contributed by atoms with Gasteiger partial charge in [-0.1, -0.05) is 288 Å². The molecule has 0 aliphatic heterocycles. The normalized spacial score (nSPS) is 12.8. The van der Waals surface area contributed by atoms with E-state index in [4.69, 9.17) is 4.74 Å². The van der Waals surface area contributed by atoms with Gasteiger partial charge in [-0.25, -0.2) is 0 Å². The molecule has 1 amide bonds. The molecule has 0 heterocycles. The fraction of sp³-hybridized carbons (Fsp3) is 0.879. The highest BCUT2D eigenvalue weighted by Gasteiger charge is 2.18. The summed E-state index contributed by atoms with van der Waals surface area (Å²) >= 11 is 0. The number of aliphatic hydroxyl groups is 2. The highest BCUT2D eigenvalue weighted by Crippen LogP contribution is 2.17. The predicted molar refractivity (Wildman–Crippen MR) is 315 cm³/mol. The summed E-state index contributed by atoms with van der Waals surface area (Å²) in [5, 5.41) is 23.1. The van der Waals surface area contributed by atoms with Gasteiger partial charge in [0.2, 0.25) is 5.91 Å². The maximum Gasteiger partial charge on any atom is 0.305 e.